The van der Waals surface area contributed by atoms with E-state index >= 15 is 0 Å². The largest absolute Gasteiger partial charge is 0.398 e. The van der Waals surface area contributed by atoms with Crippen molar-refractivity contribution in [1.29, 1.82) is 0 Å². The number of rotatable bonds is 2. The first kappa shape index (κ1) is 12.4. The average Bonchev–Trinajstić information content (AvgIpc) is 2.49. The van der Waals surface area contributed by atoms with Gasteiger partial charge in [-0.05, 0) is 31.2 Å². The molecule has 0 atom stereocenters. The van der Waals surface area contributed by atoms with Gasteiger partial charge < -0.3 is 5.73 Å². The first-order valence-corrected chi connectivity index (χ1v) is 6.50. The van der Waals surface area contributed by atoms with E-state index in [1.807, 2.05) is 60.7 Å². The van der Waals surface area contributed by atoms with Crippen LogP contribution in [0.15, 0.2) is 70.9 Å². The van der Waals surface area contributed by atoms with E-state index in [1.165, 1.54) is 5.56 Å². The van der Waals surface area contributed by atoms with Crippen molar-refractivity contribution in [3.05, 3.63) is 66.2 Å². The molecule has 2 N–H and O–H groups in total. The van der Waals surface area contributed by atoms with Crippen molar-refractivity contribution in [2.75, 3.05) is 5.73 Å². The average molecular weight is 261 g/mol. The van der Waals surface area contributed by atoms with Gasteiger partial charge in [0.1, 0.15) is 0 Å². The number of anilines is 1. The van der Waals surface area contributed by atoms with Crippen molar-refractivity contribution < 1.29 is 0 Å². The zero-order chi connectivity index (χ0) is 13.9. The molecule has 0 amide bonds. The van der Waals surface area contributed by atoms with Gasteiger partial charge in [-0.3, -0.25) is 0 Å². The summed E-state index contributed by atoms with van der Waals surface area (Å²) in [5.74, 6) is 0. The fraction of sp³-hybridized carbons (Fsp3) is 0.0588. The van der Waals surface area contributed by atoms with Gasteiger partial charge in [-0.2, -0.15) is 5.11 Å². The first-order chi connectivity index (χ1) is 9.74. The van der Waals surface area contributed by atoms with E-state index in [1.54, 1.807) is 0 Å². The molecule has 0 saturated carbocycles. The van der Waals surface area contributed by atoms with Gasteiger partial charge in [-0.15, -0.1) is 5.11 Å². The molecule has 3 aromatic carbocycles. The van der Waals surface area contributed by atoms with Gasteiger partial charge in [-0.1, -0.05) is 42.0 Å². The highest BCUT2D eigenvalue weighted by atomic mass is 15.1. The molecule has 0 aliphatic heterocycles. The molecule has 3 aromatic rings. The van der Waals surface area contributed by atoms with Gasteiger partial charge in [0.05, 0.1) is 11.4 Å². The van der Waals surface area contributed by atoms with Crippen LogP contribution in [0.1, 0.15) is 5.56 Å². The fourth-order valence-corrected chi connectivity index (χ4v) is 2.12. The molecular weight excluding hydrogens is 246 g/mol. The van der Waals surface area contributed by atoms with Gasteiger partial charge in [0.2, 0.25) is 0 Å². The minimum atomic E-state index is 0.759. The molecule has 0 unspecified atom stereocenters. The van der Waals surface area contributed by atoms with Crippen molar-refractivity contribution >= 4 is 27.8 Å². The number of hydrogen-bond donors (Lipinski definition) is 1. The normalized spacial score (nSPS) is 11.2. The van der Waals surface area contributed by atoms with Gasteiger partial charge >= 0.3 is 0 Å². The molecule has 3 rings (SSSR count). The zero-order valence-electron chi connectivity index (χ0n) is 11.2. The van der Waals surface area contributed by atoms with Crippen molar-refractivity contribution in [3.63, 3.8) is 0 Å². The van der Waals surface area contributed by atoms with E-state index in [-0.39, 0.29) is 0 Å². The predicted octanol–water partition coefficient (Wildman–Crippen LogP) is 5.15. The molecular formula is C17H15N3. The quantitative estimate of drug-likeness (QED) is 0.503. The Labute approximate surface area is 117 Å². The molecule has 0 bridgehead atoms. The number of nitrogen functional groups attached to an aromatic ring is 1. The summed E-state index contributed by atoms with van der Waals surface area (Å²) in [6.45, 7) is 2.05. The summed E-state index contributed by atoms with van der Waals surface area (Å²) in [6, 6.07) is 19.7. The lowest BCUT2D eigenvalue weighted by atomic mass is 10.1. The van der Waals surface area contributed by atoms with Gasteiger partial charge in [0.15, 0.2) is 0 Å². The van der Waals surface area contributed by atoms with Crippen LogP contribution in [-0.4, -0.2) is 0 Å². The minimum absolute atomic E-state index is 0.759. The summed E-state index contributed by atoms with van der Waals surface area (Å²) in [7, 11) is 0. The van der Waals surface area contributed by atoms with E-state index in [4.69, 9.17) is 5.73 Å². The van der Waals surface area contributed by atoms with Crippen molar-refractivity contribution in [2.24, 2.45) is 10.2 Å². The third-order valence-corrected chi connectivity index (χ3v) is 3.24. The summed E-state index contributed by atoms with van der Waals surface area (Å²) in [6.07, 6.45) is 0. The molecule has 0 saturated heterocycles. The number of fused-ring (bicyclic) bond motifs is 1. The van der Waals surface area contributed by atoms with Crippen LogP contribution in [0.25, 0.3) is 10.8 Å². The third kappa shape index (κ3) is 2.38. The highest BCUT2D eigenvalue weighted by molar-refractivity contribution is 5.99. The molecule has 0 heterocycles. The molecule has 3 nitrogen and oxygen atoms in total. The summed E-state index contributed by atoms with van der Waals surface area (Å²) in [5.41, 5.74) is 9.62. The van der Waals surface area contributed by atoms with Crippen LogP contribution in [0, 0.1) is 6.92 Å². The maximum atomic E-state index is 5.98. The molecule has 0 aliphatic carbocycles. The van der Waals surface area contributed by atoms with Gasteiger partial charge in [0.25, 0.3) is 0 Å². The Hall–Kier alpha value is -2.68. The van der Waals surface area contributed by atoms with Crippen LogP contribution in [0.3, 0.4) is 0 Å². The Morgan fingerprint density at radius 2 is 1.45 bits per heavy atom. The second-order valence-electron chi connectivity index (χ2n) is 4.76. The lowest BCUT2D eigenvalue weighted by molar-refractivity contribution is 1.24. The zero-order valence-corrected chi connectivity index (χ0v) is 11.2. The molecule has 20 heavy (non-hydrogen) atoms. The first-order valence-electron chi connectivity index (χ1n) is 6.50. The number of nitrogens with two attached hydrogens (primary N) is 1. The minimum Gasteiger partial charge on any atom is -0.398 e. The number of benzene rings is 3. The summed E-state index contributed by atoms with van der Waals surface area (Å²) >= 11 is 0. The number of azo groups is 1. The smallest absolute Gasteiger partial charge is 0.0936 e. The maximum Gasteiger partial charge on any atom is 0.0936 e. The monoisotopic (exact) mass is 261 g/mol. The number of aryl methyl sites for hydroxylation is 1. The van der Waals surface area contributed by atoms with E-state index in [0.717, 1.165) is 27.8 Å². The second kappa shape index (κ2) is 5.13. The van der Waals surface area contributed by atoms with E-state index in [2.05, 4.69) is 17.2 Å². The topological polar surface area (TPSA) is 50.7 Å². The Balaban J connectivity index is 2.03. The Morgan fingerprint density at radius 1 is 0.750 bits per heavy atom. The molecule has 98 valence electrons. The van der Waals surface area contributed by atoms with E-state index in [9.17, 15) is 0 Å². The van der Waals surface area contributed by atoms with E-state index in [0.29, 0.717) is 0 Å². The van der Waals surface area contributed by atoms with Gasteiger partial charge in [-0.25, -0.2) is 0 Å². The summed E-state index contributed by atoms with van der Waals surface area (Å²) < 4.78 is 0. The maximum absolute atomic E-state index is 5.98. The highest BCUT2D eigenvalue weighted by Crippen LogP contribution is 2.31. The van der Waals surface area contributed by atoms with Crippen molar-refractivity contribution in [2.45, 2.75) is 6.92 Å². The van der Waals surface area contributed by atoms with Crippen LogP contribution in [-0.2, 0) is 0 Å². The van der Waals surface area contributed by atoms with Crippen LogP contribution in [0.5, 0.6) is 0 Å². The molecule has 0 spiro atoms. The molecule has 3 heteroatoms. The van der Waals surface area contributed by atoms with Crippen LogP contribution in [0.2, 0.25) is 0 Å². The third-order valence-electron chi connectivity index (χ3n) is 3.24. The van der Waals surface area contributed by atoms with Gasteiger partial charge in [0, 0.05) is 16.5 Å². The predicted molar refractivity (Wildman–Crippen MR) is 83.7 cm³/mol. The number of hydrogen-bond acceptors (Lipinski definition) is 3. The molecule has 0 aromatic heterocycles. The summed E-state index contributed by atoms with van der Waals surface area (Å²) in [4.78, 5) is 0. The SMILES string of the molecule is Cc1ccc(N=Nc2ccc(N)c3ccccc23)cc1. The Bertz CT molecular complexity index is 774. The van der Waals surface area contributed by atoms with Crippen LogP contribution in [0.4, 0.5) is 17.1 Å². The molecule has 0 radical (unpaired) electrons. The van der Waals surface area contributed by atoms with Crippen LogP contribution < -0.4 is 5.73 Å². The Morgan fingerprint density at radius 3 is 2.20 bits per heavy atom. The van der Waals surface area contributed by atoms with E-state index < -0.39 is 0 Å². The highest BCUT2D eigenvalue weighted by Gasteiger charge is 2.02. The second-order valence-corrected chi connectivity index (χ2v) is 4.76. The lowest BCUT2D eigenvalue weighted by Gasteiger charge is -2.04. The fourth-order valence-electron chi connectivity index (χ4n) is 2.12. The van der Waals surface area contributed by atoms with Crippen LogP contribution >= 0.6 is 0 Å². The standard InChI is InChI=1S/C17H15N3/c1-12-6-8-13(9-7-12)19-20-17-11-10-16(18)14-4-2-3-5-15(14)17/h2-11H,18H2,1H3. The van der Waals surface area contributed by atoms with Crippen molar-refractivity contribution in [1.82, 2.24) is 0 Å². The molecule has 0 aliphatic rings. The molecule has 0 fully saturated rings. The lowest BCUT2D eigenvalue weighted by Crippen LogP contribution is -1.86. The number of nitrogens with zero attached hydrogens (tertiary/aromatic N) is 2. The Kier molecular flexibility index (Phi) is 3.17. The van der Waals surface area contributed by atoms with Crippen molar-refractivity contribution in [3.8, 4) is 0 Å². The summed E-state index contributed by atoms with van der Waals surface area (Å²) in [5, 5.41) is 10.7.